The fraction of sp³-hybridized carbons (Fsp3) is 0.579. The first-order chi connectivity index (χ1) is 12.6. The average Bonchev–Trinajstić information content (AvgIpc) is 3.08. The maximum absolute atomic E-state index is 12.9. The molecule has 2 amide bonds. The molecule has 0 N–H and O–H groups in total. The first-order valence-corrected chi connectivity index (χ1v) is 9.00. The molecule has 1 aromatic carbocycles. The highest BCUT2D eigenvalue weighted by molar-refractivity contribution is 6.00. The van der Waals surface area contributed by atoms with E-state index in [9.17, 15) is 9.59 Å². The molecule has 2 unspecified atom stereocenters. The highest BCUT2D eigenvalue weighted by Crippen LogP contribution is 2.34. The quantitative estimate of drug-likeness (QED) is 0.797. The number of carbonyl (C=O) groups is 2. The Labute approximate surface area is 153 Å². The van der Waals surface area contributed by atoms with Crippen LogP contribution in [0.15, 0.2) is 18.2 Å². The highest BCUT2D eigenvalue weighted by Gasteiger charge is 2.38. The number of anilines is 1. The number of methoxy groups -OCH3 is 2. The van der Waals surface area contributed by atoms with Gasteiger partial charge in [-0.15, -0.1) is 0 Å². The van der Waals surface area contributed by atoms with E-state index in [2.05, 4.69) is 6.92 Å². The molecule has 2 fully saturated rings. The van der Waals surface area contributed by atoms with E-state index in [1.807, 2.05) is 11.0 Å². The summed E-state index contributed by atoms with van der Waals surface area (Å²) in [6.45, 7) is 4.20. The number of benzene rings is 1. The van der Waals surface area contributed by atoms with E-state index in [0.717, 1.165) is 12.1 Å². The van der Waals surface area contributed by atoms with Crippen molar-refractivity contribution >= 4 is 17.5 Å². The Balaban J connectivity index is 1.71. The van der Waals surface area contributed by atoms with Crippen LogP contribution in [0.3, 0.4) is 0 Å². The van der Waals surface area contributed by atoms with Crippen LogP contribution in [0, 0.1) is 5.92 Å². The van der Waals surface area contributed by atoms with Crippen LogP contribution >= 0.6 is 0 Å². The van der Waals surface area contributed by atoms with Crippen LogP contribution in [0.4, 0.5) is 5.69 Å². The fourth-order valence-corrected chi connectivity index (χ4v) is 3.54. The lowest BCUT2D eigenvalue weighted by Gasteiger charge is -2.34. The fourth-order valence-electron chi connectivity index (χ4n) is 3.54. The van der Waals surface area contributed by atoms with E-state index < -0.39 is 0 Å². The Bertz CT molecular complexity index is 678. The van der Waals surface area contributed by atoms with Crippen molar-refractivity contribution in [1.29, 1.82) is 0 Å². The largest absolute Gasteiger partial charge is 0.493 e. The van der Waals surface area contributed by atoms with Crippen LogP contribution < -0.4 is 14.4 Å². The number of hydrogen-bond acceptors (Lipinski definition) is 5. The number of hydrogen-bond donors (Lipinski definition) is 0. The Hall–Kier alpha value is -2.28. The maximum Gasteiger partial charge on any atom is 0.228 e. The second-order valence-electron chi connectivity index (χ2n) is 6.63. The van der Waals surface area contributed by atoms with Crippen LogP contribution in [0.25, 0.3) is 0 Å². The number of amides is 2. The Morgan fingerprint density at radius 2 is 2.00 bits per heavy atom. The molecule has 7 nitrogen and oxygen atoms in total. The smallest absolute Gasteiger partial charge is 0.228 e. The third-order valence-electron chi connectivity index (χ3n) is 5.06. The van der Waals surface area contributed by atoms with E-state index in [0.29, 0.717) is 37.7 Å². The van der Waals surface area contributed by atoms with Gasteiger partial charge in [0.1, 0.15) is 0 Å². The van der Waals surface area contributed by atoms with E-state index in [1.54, 1.807) is 31.3 Å². The monoisotopic (exact) mass is 362 g/mol. The molecule has 26 heavy (non-hydrogen) atoms. The van der Waals surface area contributed by atoms with Gasteiger partial charge in [-0.1, -0.05) is 6.92 Å². The van der Waals surface area contributed by atoms with Gasteiger partial charge < -0.3 is 24.0 Å². The molecule has 2 atom stereocenters. The topological polar surface area (TPSA) is 68.3 Å². The molecule has 2 heterocycles. The second kappa shape index (κ2) is 7.95. The molecule has 1 aromatic rings. The molecule has 2 aliphatic heterocycles. The van der Waals surface area contributed by atoms with Crippen LogP contribution in [0.1, 0.15) is 19.8 Å². The van der Waals surface area contributed by atoms with Crippen molar-refractivity contribution in [2.75, 3.05) is 45.4 Å². The Morgan fingerprint density at radius 1 is 1.23 bits per heavy atom. The summed E-state index contributed by atoms with van der Waals surface area (Å²) in [6, 6.07) is 5.35. The summed E-state index contributed by atoms with van der Waals surface area (Å²) in [4.78, 5) is 28.9. The molecule has 3 rings (SSSR count). The summed E-state index contributed by atoms with van der Waals surface area (Å²) < 4.78 is 16.2. The molecule has 7 heteroatoms. The molecule has 0 spiro atoms. The van der Waals surface area contributed by atoms with Crippen LogP contribution in [0.5, 0.6) is 11.5 Å². The lowest BCUT2D eigenvalue weighted by Crippen LogP contribution is -2.48. The van der Waals surface area contributed by atoms with Gasteiger partial charge in [-0.2, -0.15) is 0 Å². The molecule has 0 bridgehead atoms. The summed E-state index contributed by atoms with van der Waals surface area (Å²) in [5, 5.41) is 0. The highest BCUT2D eigenvalue weighted by atomic mass is 16.5. The number of nitrogens with zero attached hydrogens (tertiary/aromatic N) is 2. The van der Waals surface area contributed by atoms with Crippen molar-refractivity contribution in [3.8, 4) is 11.5 Å². The first kappa shape index (κ1) is 18.5. The van der Waals surface area contributed by atoms with Crippen molar-refractivity contribution in [2.24, 2.45) is 5.92 Å². The Morgan fingerprint density at radius 3 is 2.69 bits per heavy atom. The lowest BCUT2D eigenvalue weighted by atomic mass is 10.1. The van der Waals surface area contributed by atoms with Crippen molar-refractivity contribution in [3.63, 3.8) is 0 Å². The van der Waals surface area contributed by atoms with Gasteiger partial charge in [0.25, 0.3) is 0 Å². The van der Waals surface area contributed by atoms with Crippen molar-refractivity contribution in [3.05, 3.63) is 18.2 Å². The summed E-state index contributed by atoms with van der Waals surface area (Å²) >= 11 is 0. The molecule has 0 radical (unpaired) electrons. The minimum absolute atomic E-state index is 0.0445. The Kier molecular flexibility index (Phi) is 5.66. The van der Waals surface area contributed by atoms with Crippen molar-refractivity contribution in [2.45, 2.75) is 25.9 Å². The minimum Gasteiger partial charge on any atom is -0.493 e. The zero-order valence-corrected chi connectivity index (χ0v) is 15.6. The van der Waals surface area contributed by atoms with Gasteiger partial charge in [0, 0.05) is 37.8 Å². The van der Waals surface area contributed by atoms with Gasteiger partial charge in [-0.05, 0) is 18.6 Å². The summed E-state index contributed by atoms with van der Waals surface area (Å²) in [5.41, 5.74) is 0.719. The summed E-state index contributed by atoms with van der Waals surface area (Å²) in [7, 11) is 3.13. The van der Waals surface area contributed by atoms with Gasteiger partial charge in [-0.25, -0.2) is 0 Å². The van der Waals surface area contributed by atoms with E-state index in [4.69, 9.17) is 14.2 Å². The number of carbonyl (C=O) groups excluding carboxylic acids is 2. The van der Waals surface area contributed by atoms with Gasteiger partial charge in [0.15, 0.2) is 11.5 Å². The zero-order valence-electron chi connectivity index (χ0n) is 15.6. The standard InChI is InChI=1S/C19H26N2O5/c1-4-15-12-20(7-8-26-15)19(23)13-9-18(22)21(11-13)14-5-6-16(24-2)17(10-14)25-3/h5-6,10,13,15H,4,7-9,11-12H2,1-3H3. The maximum atomic E-state index is 12.9. The van der Waals surface area contributed by atoms with Crippen LogP contribution in [-0.2, 0) is 14.3 Å². The number of morpholine rings is 1. The van der Waals surface area contributed by atoms with Gasteiger partial charge >= 0.3 is 0 Å². The first-order valence-electron chi connectivity index (χ1n) is 9.00. The van der Waals surface area contributed by atoms with E-state index >= 15 is 0 Å². The van der Waals surface area contributed by atoms with Crippen LogP contribution in [-0.4, -0.2) is 63.3 Å². The summed E-state index contributed by atoms with van der Waals surface area (Å²) in [6.07, 6.45) is 1.21. The van der Waals surface area contributed by atoms with Gasteiger partial charge in [-0.3, -0.25) is 9.59 Å². The van der Waals surface area contributed by atoms with E-state index in [1.165, 1.54) is 0 Å². The second-order valence-corrected chi connectivity index (χ2v) is 6.63. The molecule has 2 saturated heterocycles. The SMILES string of the molecule is CCC1CN(C(=O)C2CC(=O)N(c3ccc(OC)c(OC)c3)C2)CCO1. The van der Waals surface area contributed by atoms with E-state index in [-0.39, 0.29) is 30.3 Å². The predicted molar refractivity (Wildman–Crippen MR) is 96.6 cm³/mol. The predicted octanol–water partition coefficient (Wildman–Crippen LogP) is 1.69. The molecule has 142 valence electrons. The molecule has 0 saturated carbocycles. The molecule has 0 aromatic heterocycles. The molecular formula is C19H26N2O5. The summed E-state index contributed by atoms with van der Waals surface area (Å²) in [5.74, 6) is 0.853. The number of rotatable bonds is 5. The zero-order chi connectivity index (χ0) is 18.7. The minimum atomic E-state index is -0.314. The van der Waals surface area contributed by atoms with Gasteiger partial charge in [0.2, 0.25) is 11.8 Å². The third kappa shape index (κ3) is 3.62. The van der Waals surface area contributed by atoms with Crippen molar-refractivity contribution in [1.82, 2.24) is 4.90 Å². The van der Waals surface area contributed by atoms with Crippen molar-refractivity contribution < 1.29 is 23.8 Å². The molecule has 0 aliphatic carbocycles. The number of ether oxygens (including phenoxy) is 3. The molecular weight excluding hydrogens is 336 g/mol. The molecule has 2 aliphatic rings. The average molecular weight is 362 g/mol. The van der Waals surface area contributed by atoms with Gasteiger partial charge in [0.05, 0.1) is 32.8 Å². The normalized spacial score (nSPS) is 23.3. The van der Waals surface area contributed by atoms with Crippen LogP contribution in [0.2, 0.25) is 0 Å². The third-order valence-corrected chi connectivity index (χ3v) is 5.06. The lowest BCUT2D eigenvalue weighted by molar-refractivity contribution is -0.143.